The lowest BCUT2D eigenvalue weighted by Gasteiger charge is -2.06. The molecule has 0 radical (unpaired) electrons. The van der Waals surface area contributed by atoms with Crippen molar-refractivity contribution in [3.63, 3.8) is 0 Å². The highest BCUT2D eigenvalue weighted by atomic mass is 16.5. The van der Waals surface area contributed by atoms with E-state index in [0.29, 0.717) is 22.7 Å². The van der Waals surface area contributed by atoms with Crippen LogP contribution >= 0.6 is 0 Å². The predicted molar refractivity (Wildman–Crippen MR) is 69.5 cm³/mol. The fourth-order valence-corrected chi connectivity index (χ4v) is 1.80. The monoisotopic (exact) mass is 255 g/mol. The van der Waals surface area contributed by atoms with E-state index in [1.807, 2.05) is 6.07 Å². The SMILES string of the molecule is Cc1noc(C)c1CC(=O)Nc1ccccc1C#N. The van der Waals surface area contributed by atoms with Crippen molar-refractivity contribution in [2.75, 3.05) is 5.32 Å². The predicted octanol–water partition coefficient (Wildman–Crippen LogP) is 2.34. The van der Waals surface area contributed by atoms with Gasteiger partial charge in [0.1, 0.15) is 11.8 Å². The minimum Gasteiger partial charge on any atom is -0.361 e. The van der Waals surface area contributed by atoms with Crippen molar-refractivity contribution in [2.24, 2.45) is 0 Å². The van der Waals surface area contributed by atoms with Crippen LogP contribution in [0.15, 0.2) is 28.8 Å². The standard InChI is InChI=1S/C14H13N3O2/c1-9-12(10(2)19-17-9)7-14(18)16-13-6-4-3-5-11(13)8-15/h3-6H,7H2,1-2H3,(H,16,18). The molecule has 0 atom stereocenters. The second-order valence-corrected chi connectivity index (χ2v) is 4.19. The molecule has 5 heteroatoms. The molecule has 1 N–H and O–H groups in total. The number of carbonyl (C=O) groups is 1. The van der Waals surface area contributed by atoms with Crippen LogP contribution in [0, 0.1) is 25.2 Å². The van der Waals surface area contributed by atoms with Gasteiger partial charge >= 0.3 is 0 Å². The molecule has 0 aliphatic rings. The van der Waals surface area contributed by atoms with Gasteiger partial charge in [0, 0.05) is 5.56 Å². The summed E-state index contributed by atoms with van der Waals surface area (Å²) in [4.78, 5) is 12.0. The summed E-state index contributed by atoms with van der Waals surface area (Å²) >= 11 is 0. The van der Waals surface area contributed by atoms with Gasteiger partial charge in [-0.05, 0) is 26.0 Å². The Balaban J connectivity index is 2.13. The van der Waals surface area contributed by atoms with Crippen LogP contribution in [0.4, 0.5) is 5.69 Å². The zero-order chi connectivity index (χ0) is 13.8. The molecule has 1 aromatic heterocycles. The molecule has 0 fully saturated rings. The van der Waals surface area contributed by atoms with Gasteiger partial charge < -0.3 is 9.84 Å². The lowest BCUT2D eigenvalue weighted by molar-refractivity contribution is -0.115. The normalized spacial score (nSPS) is 9.95. The fourth-order valence-electron chi connectivity index (χ4n) is 1.80. The summed E-state index contributed by atoms with van der Waals surface area (Å²) in [5.41, 5.74) is 2.45. The van der Waals surface area contributed by atoms with Gasteiger partial charge in [-0.2, -0.15) is 5.26 Å². The molecule has 96 valence electrons. The number of nitrogens with zero attached hydrogens (tertiary/aromatic N) is 2. The molecule has 1 amide bonds. The minimum atomic E-state index is -0.197. The van der Waals surface area contributed by atoms with E-state index in [1.165, 1.54) is 0 Å². The van der Waals surface area contributed by atoms with Crippen LogP contribution in [-0.2, 0) is 11.2 Å². The highest BCUT2D eigenvalue weighted by Gasteiger charge is 2.14. The summed E-state index contributed by atoms with van der Waals surface area (Å²) in [6.07, 6.45) is 0.181. The molecule has 0 saturated carbocycles. The van der Waals surface area contributed by atoms with Crippen molar-refractivity contribution >= 4 is 11.6 Å². The second-order valence-electron chi connectivity index (χ2n) is 4.19. The topological polar surface area (TPSA) is 78.9 Å². The quantitative estimate of drug-likeness (QED) is 0.913. The zero-order valence-corrected chi connectivity index (χ0v) is 10.7. The maximum absolute atomic E-state index is 12.0. The average Bonchev–Trinajstić information content (AvgIpc) is 2.71. The van der Waals surface area contributed by atoms with E-state index in [0.717, 1.165) is 5.56 Å². The maximum atomic E-state index is 12.0. The first-order valence-electron chi connectivity index (χ1n) is 5.82. The first kappa shape index (κ1) is 12.8. The molecule has 19 heavy (non-hydrogen) atoms. The third-order valence-electron chi connectivity index (χ3n) is 2.84. The van der Waals surface area contributed by atoms with E-state index in [4.69, 9.17) is 9.78 Å². The summed E-state index contributed by atoms with van der Waals surface area (Å²) < 4.78 is 5.01. The molecular formula is C14H13N3O2. The number of aryl methyl sites for hydroxylation is 2. The smallest absolute Gasteiger partial charge is 0.229 e. The van der Waals surface area contributed by atoms with Crippen molar-refractivity contribution in [1.29, 1.82) is 5.26 Å². The lowest BCUT2D eigenvalue weighted by Crippen LogP contribution is -2.15. The lowest BCUT2D eigenvalue weighted by atomic mass is 10.1. The van der Waals surface area contributed by atoms with Crippen LogP contribution in [0.2, 0.25) is 0 Å². The molecule has 0 spiro atoms. The molecule has 1 aromatic carbocycles. The Morgan fingerprint density at radius 2 is 2.16 bits per heavy atom. The van der Waals surface area contributed by atoms with Gasteiger partial charge in [-0.15, -0.1) is 0 Å². The Hall–Kier alpha value is -2.61. The summed E-state index contributed by atoms with van der Waals surface area (Å²) in [6, 6.07) is 8.92. The third-order valence-corrected chi connectivity index (χ3v) is 2.84. The average molecular weight is 255 g/mol. The second kappa shape index (κ2) is 5.36. The zero-order valence-electron chi connectivity index (χ0n) is 10.7. The third kappa shape index (κ3) is 2.80. The molecule has 2 rings (SSSR count). The first-order chi connectivity index (χ1) is 9.11. The number of benzene rings is 1. The molecule has 1 heterocycles. The molecule has 0 aliphatic heterocycles. The Bertz CT molecular complexity index is 633. The number of hydrogen-bond acceptors (Lipinski definition) is 4. The summed E-state index contributed by atoms with van der Waals surface area (Å²) in [5, 5.41) is 15.5. The van der Waals surface area contributed by atoms with E-state index < -0.39 is 0 Å². The van der Waals surface area contributed by atoms with Crippen molar-refractivity contribution in [3.05, 3.63) is 46.8 Å². The maximum Gasteiger partial charge on any atom is 0.229 e. The van der Waals surface area contributed by atoms with Gasteiger partial charge in [-0.3, -0.25) is 4.79 Å². The van der Waals surface area contributed by atoms with Crippen LogP contribution in [0.3, 0.4) is 0 Å². The van der Waals surface area contributed by atoms with Crippen molar-refractivity contribution in [2.45, 2.75) is 20.3 Å². The Kier molecular flexibility index (Phi) is 3.62. The molecule has 0 saturated heterocycles. The molecule has 0 aliphatic carbocycles. The van der Waals surface area contributed by atoms with Crippen LogP contribution in [-0.4, -0.2) is 11.1 Å². The van der Waals surface area contributed by atoms with Gasteiger partial charge in [0.15, 0.2) is 0 Å². The molecule has 5 nitrogen and oxygen atoms in total. The Labute approximate surface area is 110 Å². The van der Waals surface area contributed by atoms with Gasteiger partial charge in [0.05, 0.1) is 23.4 Å². The largest absolute Gasteiger partial charge is 0.361 e. The van der Waals surface area contributed by atoms with Crippen LogP contribution in [0.5, 0.6) is 0 Å². The van der Waals surface area contributed by atoms with Crippen molar-refractivity contribution in [1.82, 2.24) is 5.16 Å². The number of nitrogens with one attached hydrogen (secondary N) is 1. The number of nitriles is 1. The Morgan fingerprint density at radius 1 is 1.42 bits per heavy atom. The number of para-hydroxylation sites is 1. The van der Waals surface area contributed by atoms with Crippen LogP contribution < -0.4 is 5.32 Å². The highest BCUT2D eigenvalue weighted by Crippen LogP contribution is 2.16. The number of aromatic nitrogens is 1. The van der Waals surface area contributed by atoms with Gasteiger partial charge in [0.2, 0.25) is 5.91 Å². The van der Waals surface area contributed by atoms with E-state index >= 15 is 0 Å². The Morgan fingerprint density at radius 3 is 2.79 bits per heavy atom. The number of hydrogen-bond donors (Lipinski definition) is 1. The highest BCUT2D eigenvalue weighted by molar-refractivity contribution is 5.93. The number of rotatable bonds is 3. The van der Waals surface area contributed by atoms with Crippen molar-refractivity contribution < 1.29 is 9.32 Å². The summed E-state index contributed by atoms with van der Waals surface area (Å²) in [5.74, 6) is 0.443. The minimum absolute atomic E-state index is 0.181. The van der Waals surface area contributed by atoms with Gasteiger partial charge in [-0.25, -0.2) is 0 Å². The van der Waals surface area contributed by atoms with E-state index in [2.05, 4.69) is 10.5 Å². The van der Waals surface area contributed by atoms with Crippen LogP contribution in [0.1, 0.15) is 22.6 Å². The van der Waals surface area contributed by atoms with E-state index in [1.54, 1.807) is 38.1 Å². The van der Waals surface area contributed by atoms with Crippen LogP contribution in [0.25, 0.3) is 0 Å². The number of carbonyl (C=O) groups excluding carboxylic acids is 1. The molecule has 2 aromatic rings. The van der Waals surface area contributed by atoms with E-state index in [-0.39, 0.29) is 12.3 Å². The van der Waals surface area contributed by atoms with Gasteiger partial charge in [0.25, 0.3) is 0 Å². The number of anilines is 1. The fraction of sp³-hybridized carbons (Fsp3) is 0.214. The molecule has 0 bridgehead atoms. The number of amides is 1. The molecule has 0 unspecified atom stereocenters. The first-order valence-corrected chi connectivity index (χ1v) is 5.82. The summed E-state index contributed by atoms with van der Waals surface area (Å²) in [6.45, 7) is 3.56. The van der Waals surface area contributed by atoms with Crippen molar-refractivity contribution in [3.8, 4) is 6.07 Å². The summed E-state index contributed by atoms with van der Waals surface area (Å²) in [7, 11) is 0. The van der Waals surface area contributed by atoms with Gasteiger partial charge in [-0.1, -0.05) is 17.3 Å². The van der Waals surface area contributed by atoms with E-state index in [9.17, 15) is 4.79 Å². The molecular weight excluding hydrogens is 242 g/mol.